The molecule has 162 valence electrons. The highest BCUT2D eigenvalue weighted by atomic mass is 31.1. The lowest BCUT2D eigenvalue weighted by atomic mass is 10.2. The average molecular weight is 439 g/mol. The second-order valence-corrected chi connectivity index (χ2v) is 7.23. The number of nitrogens with zero attached hydrogens (tertiary/aromatic N) is 1. The lowest BCUT2D eigenvalue weighted by Crippen LogP contribution is -2.39. The molecule has 12 heteroatoms. The monoisotopic (exact) mass is 439 g/mol. The van der Waals surface area contributed by atoms with Crippen molar-refractivity contribution in [2.75, 3.05) is 25.9 Å². The van der Waals surface area contributed by atoms with Gasteiger partial charge < -0.3 is 14.8 Å². The first-order chi connectivity index (χ1) is 13.6. The van der Waals surface area contributed by atoms with Gasteiger partial charge >= 0.3 is 26.2 Å². The van der Waals surface area contributed by atoms with Crippen LogP contribution in [0, 0.1) is 0 Å². The first kappa shape index (κ1) is 24.8. The van der Waals surface area contributed by atoms with Crippen LogP contribution in [0.4, 0.5) is 18.0 Å². The van der Waals surface area contributed by atoms with E-state index in [1.165, 1.54) is 13.8 Å². The van der Waals surface area contributed by atoms with Crippen molar-refractivity contribution in [1.82, 2.24) is 10.2 Å². The van der Waals surface area contributed by atoms with E-state index in [1.807, 2.05) is 6.07 Å². The Kier molecular flexibility index (Phi) is 10.6. The average Bonchev–Trinajstić information content (AvgIpc) is 2.66. The number of rotatable bonds is 11. The molecule has 0 aliphatic heterocycles. The Morgan fingerprint density at radius 3 is 2.45 bits per heavy atom. The first-order valence-electron chi connectivity index (χ1n) is 8.68. The van der Waals surface area contributed by atoms with Crippen molar-refractivity contribution in [1.29, 1.82) is 0 Å². The minimum Gasteiger partial charge on any atom is -0.465 e. The number of alkyl halides is 3. The van der Waals surface area contributed by atoms with E-state index < -0.39 is 38.8 Å². The van der Waals surface area contributed by atoms with Crippen LogP contribution in [-0.4, -0.2) is 55.0 Å². The van der Waals surface area contributed by atoms with E-state index in [1.54, 1.807) is 24.3 Å². The third-order valence-electron chi connectivity index (χ3n) is 3.32. The number of hydrogen-bond acceptors (Lipinski definition) is 6. The summed E-state index contributed by atoms with van der Waals surface area (Å²) >= 11 is 0. The maximum absolute atomic E-state index is 12.4. The first-order valence-corrected chi connectivity index (χ1v) is 10.1. The molecule has 1 N–H and O–H groups in total. The zero-order valence-electron chi connectivity index (χ0n) is 16.0. The predicted molar refractivity (Wildman–Crippen MR) is 97.0 cm³/mol. The molecule has 0 aliphatic carbocycles. The SMILES string of the molecule is CCOC(=O)[C@H](C)N(OCC(F)(F)F)[P+](=O)CCNC(=O)OCc1ccccc1. The lowest BCUT2D eigenvalue weighted by molar-refractivity contribution is -0.232. The Bertz CT molecular complexity index is 675. The van der Waals surface area contributed by atoms with Gasteiger partial charge in [0.2, 0.25) is 0 Å². The van der Waals surface area contributed by atoms with Crippen molar-refractivity contribution in [2.24, 2.45) is 0 Å². The molecule has 0 saturated carbocycles. The van der Waals surface area contributed by atoms with E-state index in [4.69, 9.17) is 9.47 Å². The van der Waals surface area contributed by atoms with Gasteiger partial charge in [-0.05, 0) is 24.0 Å². The Balaban J connectivity index is 2.52. The summed E-state index contributed by atoms with van der Waals surface area (Å²) in [5.41, 5.74) is 0.767. The largest absolute Gasteiger partial charge is 0.465 e. The molecule has 0 radical (unpaired) electrons. The van der Waals surface area contributed by atoms with Crippen LogP contribution in [0.1, 0.15) is 19.4 Å². The number of carbonyl (C=O) groups excluding carboxylic acids is 2. The fourth-order valence-corrected chi connectivity index (χ4v) is 3.16. The standard InChI is InChI=1S/C17H22F3N2O6P/c1-3-26-15(23)13(2)22(28-12-17(18,19)20)29(25)10-9-21-16(24)27-11-14-7-5-4-6-8-14/h4-8,13H,3,9-12H2,1-2H3/p+1/t13-/m0/s1. The minimum absolute atomic E-state index is 0.00186. The topological polar surface area (TPSA) is 94.2 Å². The van der Waals surface area contributed by atoms with Gasteiger partial charge in [-0.25, -0.2) is 9.63 Å². The van der Waals surface area contributed by atoms with Crippen LogP contribution in [0.2, 0.25) is 0 Å². The van der Waals surface area contributed by atoms with Crippen molar-refractivity contribution in [3.63, 3.8) is 0 Å². The minimum atomic E-state index is -4.68. The van der Waals surface area contributed by atoms with Gasteiger partial charge in [0.15, 0.2) is 18.8 Å². The van der Waals surface area contributed by atoms with E-state index >= 15 is 0 Å². The number of ether oxygens (including phenoxy) is 2. The van der Waals surface area contributed by atoms with Crippen LogP contribution in [0.5, 0.6) is 0 Å². The number of hydroxylamine groups is 1. The quantitative estimate of drug-likeness (QED) is 0.321. The van der Waals surface area contributed by atoms with E-state index in [-0.39, 0.29) is 25.9 Å². The molecule has 29 heavy (non-hydrogen) atoms. The van der Waals surface area contributed by atoms with Gasteiger partial charge in [-0.15, -0.1) is 0 Å². The molecule has 1 rings (SSSR count). The highest BCUT2D eigenvalue weighted by Crippen LogP contribution is 2.31. The molecule has 1 aromatic rings. The van der Waals surface area contributed by atoms with Crippen molar-refractivity contribution in [2.45, 2.75) is 32.7 Å². The van der Waals surface area contributed by atoms with Gasteiger partial charge in [-0.3, -0.25) is 4.79 Å². The number of hydrogen-bond donors (Lipinski definition) is 1. The molecule has 2 atom stereocenters. The summed E-state index contributed by atoms with van der Waals surface area (Å²) < 4.78 is 59.4. The highest BCUT2D eigenvalue weighted by Gasteiger charge is 2.42. The second kappa shape index (κ2) is 12.4. The summed E-state index contributed by atoms with van der Waals surface area (Å²) in [6, 6.07) is 7.56. The molecular weight excluding hydrogens is 416 g/mol. The van der Waals surface area contributed by atoms with Crippen molar-refractivity contribution >= 4 is 20.0 Å². The molecule has 0 bridgehead atoms. The van der Waals surface area contributed by atoms with Gasteiger partial charge in [-0.2, -0.15) is 13.2 Å². The fraction of sp³-hybridized carbons (Fsp3) is 0.529. The molecule has 8 nitrogen and oxygen atoms in total. The molecule has 1 amide bonds. The predicted octanol–water partition coefficient (Wildman–Crippen LogP) is 3.40. The number of carbonyl (C=O) groups is 2. The number of benzene rings is 1. The number of nitrogens with one attached hydrogen (secondary N) is 1. The molecule has 0 spiro atoms. The van der Waals surface area contributed by atoms with Crippen LogP contribution in [0.25, 0.3) is 0 Å². The third-order valence-corrected chi connectivity index (χ3v) is 4.83. The zero-order chi connectivity index (χ0) is 21.9. The Hall–Kier alpha value is -2.23. The maximum atomic E-state index is 12.4. The van der Waals surface area contributed by atoms with Crippen LogP contribution in [0.3, 0.4) is 0 Å². The molecule has 0 heterocycles. The van der Waals surface area contributed by atoms with E-state index in [0.29, 0.717) is 4.83 Å². The number of amides is 1. The number of halogens is 3. The molecule has 0 aromatic heterocycles. The summed E-state index contributed by atoms with van der Waals surface area (Å²) in [6.45, 7) is 0.885. The summed E-state index contributed by atoms with van der Waals surface area (Å²) in [7, 11) is -2.57. The van der Waals surface area contributed by atoms with Crippen molar-refractivity contribution < 1.29 is 41.6 Å². The van der Waals surface area contributed by atoms with E-state index in [0.717, 1.165) is 5.56 Å². The summed E-state index contributed by atoms with van der Waals surface area (Å²) in [4.78, 5) is 28.4. The zero-order valence-corrected chi connectivity index (χ0v) is 16.9. The van der Waals surface area contributed by atoms with Gasteiger partial charge in [0.1, 0.15) is 6.61 Å². The number of alkyl carbamates (subject to hydrolysis) is 1. The highest BCUT2D eigenvalue weighted by molar-refractivity contribution is 7.41. The molecule has 0 aliphatic rings. The van der Waals surface area contributed by atoms with Gasteiger partial charge in [0, 0.05) is 4.83 Å². The normalized spacial score (nSPS) is 13.0. The fourth-order valence-electron chi connectivity index (χ4n) is 1.99. The van der Waals surface area contributed by atoms with Crippen LogP contribution < -0.4 is 5.32 Å². The molecule has 1 unspecified atom stereocenters. The van der Waals surface area contributed by atoms with Crippen molar-refractivity contribution in [3.05, 3.63) is 35.9 Å². The van der Waals surface area contributed by atoms with Crippen LogP contribution >= 0.6 is 7.95 Å². The summed E-state index contributed by atoms with van der Waals surface area (Å²) in [5.74, 6) is -0.881. The maximum Gasteiger partial charge on any atom is 0.463 e. The third kappa shape index (κ3) is 10.2. The van der Waals surface area contributed by atoms with Gasteiger partial charge in [0.25, 0.3) is 0 Å². The van der Waals surface area contributed by atoms with E-state index in [9.17, 15) is 27.3 Å². The smallest absolute Gasteiger partial charge is 0.463 e. The van der Waals surface area contributed by atoms with Crippen LogP contribution in [0.15, 0.2) is 30.3 Å². The molecular formula is C17H23F3N2O6P+. The number of esters is 1. The second-order valence-electron chi connectivity index (χ2n) is 5.68. The van der Waals surface area contributed by atoms with Crippen molar-refractivity contribution in [3.8, 4) is 0 Å². The summed E-state index contributed by atoms with van der Waals surface area (Å²) in [6.07, 6.45) is -5.72. The van der Waals surface area contributed by atoms with Crippen LogP contribution in [-0.2, 0) is 30.3 Å². The van der Waals surface area contributed by atoms with Gasteiger partial charge in [0.05, 0.1) is 13.2 Å². The Morgan fingerprint density at radius 1 is 1.21 bits per heavy atom. The molecule has 1 aromatic carbocycles. The molecule has 0 fully saturated rings. The van der Waals surface area contributed by atoms with E-state index in [2.05, 4.69) is 10.2 Å². The lowest BCUT2D eigenvalue weighted by Gasteiger charge is -2.18. The van der Waals surface area contributed by atoms with Gasteiger partial charge in [-0.1, -0.05) is 30.3 Å². The summed E-state index contributed by atoms with van der Waals surface area (Å²) in [5, 5.41) is 2.34. The Labute approximate surface area is 167 Å². The molecule has 0 saturated heterocycles. The Morgan fingerprint density at radius 2 is 1.86 bits per heavy atom.